The fourth-order valence-corrected chi connectivity index (χ4v) is 1.99. The maximum absolute atomic E-state index is 3.44. The van der Waals surface area contributed by atoms with Crippen molar-refractivity contribution >= 4 is 0 Å². The summed E-state index contributed by atoms with van der Waals surface area (Å²) in [5.41, 5.74) is 1.48. The number of hydrogen-bond acceptors (Lipinski definition) is 1. The van der Waals surface area contributed by atoms with Gasteiger partial charge in [-0.05, 0) is 24.8 Å². The van der Waals surface area contributed by atoms with E-state index in [2.05, 4.69) is 23.5 Å². The van der Waals surface area contributed by atoms with Gasteiger partial charge in [0, 0.05) is 12.2 Å². The van der Waals surface area contributed by atoms with E-state index in [1.807, 2.05) is 0 Å². The Labute approximate surface area is 68.2 Å². The highest BCUT2D eigenvalue weighted by Gasteiger charge is 2.18. The summed E-state index contributed by atoms with van der Waals surface area (Å²) in [6.07, 6.45) is 12.2. The molecule has 1 saturated carbocycles. The van der Waals surface area contributed by atoms with Gasteiger partial charge in [0.1, 0.15) is 0 Å². The molecule has 0 spiro atoms. The van der Waals surface area contributed by atoms with E-state index in [0.29, 0.717) is 0 Å². The number of rotatable bonds is 1. The van der Waals surface area contributed by atoms with Gasteiger partial charge in [0.15, 0.2) is 0 Å². The first-order valence-electron chi connectivity index (χ1n) is 4.57. The van der Waals surface area contributed by atoms with Crippen LogP contribution in [0.5, 0.6) is 0 Å². The Balaban J connectivity index is 2.02. The number of nitrogens with one attached hydrogen (secondary N) is 1. The van der Waals surface area contributed by atoms with Crippen molar-refractivity contribution < 1.29 is 0 Å². The van der Waals surface area contributed by atoms with E-state index in [4.69, 9.17) is 0 Å². The van der Waals surface area contributed by atoms with E-state index in [0.717, 1.165) is 12.5 Å². The number of allylic oxidation sites excluding steroid dienone is 3. The summed E-state index contributed by atoms with van der Waals surface area (Å²) in [6.45, 7) is 1.03. The van der Waals surface area contributed by atoms with Crippen molar-refractivity contribution in [3.63, 3.8) is 0 Å². The van der Waals surface area contributed by atoms with E-state index in [1.54, 1.807) is 0 Å². The average Bonchev–Trinajstić information content (AvgIpc) is 2.58. The van der Waals surface area contributed by atoms with Crippen LogP contribution >= 0.6 is 0 Å². The smallest absolute Gasteiger partial charge is 0.0330 e. The van der Waals surface area contributed by atoms with E-state index in [-0.39, 0.29) is 0 Å². The van der Waals surface area contributed by atoms with Crippen LogP contribution in [-0.2, 0) is 0 Å². The Kier molecular flexibility index (Phi) is 1.97. The quantitative estimate of drug-likeness (QED) is 0.602. The summed E-state index contributed by atoms with van der Waals surface area (Å²) in [5.74, 6) is 0.847. The molecule has 0 amide bonds. The van der Waals surface area contributed by atoms with Crippen LogP contribution in [-0.4, -0.2) is 6.54 Å². The van der Waals surface area contributed by atoms with Gasteiger partial charge in [-0.25, -0.2) is 0 Å². The van der Waals surface area contributed by atoms with E-state index in [9.17, 15) is 0 Å². The summed E-state index contributed by atoms with van der Waals surface area (Å²) < 4.78 is 0. The van der Waals surface area contributed by atoms with Gasteiger partial charge in [-0.2, -0.15) is 0 Å². The third-order valence-corrected chi connectivity index (χ3v) is 2.63. The molecule has 2 aliphatic rings. The van der Waals surface area contributed by atoms with Crippen molar-refractivity contribution in [3.05, 3.63) is 23.9 Å². The molecule has 0 bridgehead atoms. The van der Waals surface area contributed by atoms with Crippen molar-refractivity contribution in [2.45, 2.75) is 25.7 Å². The molecule has 1 aliphatic carbocycles. The third kappa shape index (κ3) is 1.47. The lowest BCUT2D eigenvalue weighted by Crippen LogP contribution is -2.20. The fourth-order valence-electron chi connectivity index (χ4n) is 1.99. The maximum atomic E-state index is 3.44. The molecular weight excluding hydrogens is 134 g/mol. The maximum Gasteiger partial charge on any atom is 0.0330 e. The molecule has 1 fully saturated rings. The van der Waals surface area contributed by atoms with Gasteiger partial charge >= 0.3 is 0 Å². The minimum atomic E-state index is 0.847. The lowest BCUT2D eigenvalue weighted by Gasteiger charge is -2.17. The molecule has 0 aromatic rings. The van der Waals surface area contributed by atoms with Gasteiger partial charge in [0.25, 0.3) is 0 Å². The van der Waals surface area contributed by atoms with Crippen molar-refractivity contribution in [2.75, 3.05) is 6.54 Å². The highest BCUT2D eigenvalue weighted by atomic mass is 14.9. The zero-order chi connectivity index (χ0) is 7.52. The standard InChI is InChI=1S/C10H15N/c1-2-6-9(5-1)10-7-3-4-8-11-10/h3-4,7,9,11H,1-2,5-6,8H2. The van der Waals surface area contributed by atoms with Crippen LogP contribution in [0.1, 0.15) is 25.7 Å². The third-order valence-electron chi connectivity index (χ3n) is 2.63. The Morgan fingerprint density at radius 2 is 2.09 bits per heavy atom. The minimum Gasteiger partial charge on any atom is -0.385 e. The monoisotopic (exact) mass is 149 g/mol. The lowest BCUT2D eigenvalue weighted by molar-refractivity contribution is 0.587. The van der Waals surface area contributed by atoms with Crippen LogP contribution in [0.3, 0.4) is 0 Å². The Hall–Kier alpha value is -0.720. The molecule has 60 valence electrons. The molecule has 0 atom stereocenters. The highest BCUT2D eigenvalue weighted by Crippen LogP contribution is 2.30. The van der Waals surface area contributed by atoms with Crippen LogP contribution < -0.4 is 5.32 Å². The molecule has 1 heterocycles. The SMILES string of the molecule is C1=CCNC(C2CCCC2)=C1. The first kappa shape index (κ1) is 6.96. The topological polar surface area (TPSA) is 12.0 Å². The van der Waals surface area contributed by atoms with Gasteiger partial charge in [0.05, 0.1) is 0 Å². The fraction of sp³-hybridized carbons (Fsp3) is 0.600. The highest BCUT2D eigenvalue weighted by molar-refractivity contribution is 5.19. The number of hydrogen-bond donors (Lipinski definition) is 1. The summed E-state index contributed by atoms with van der Waals surface area (Å²) in [4.78, 5) is 0. The molecule has 1 aliphatic heterocycles. The van der Waals surface area contributed by atoms with Crippen LogP contribution in [0.4, 0.5) is 0 Å². The molecule has 0 radical (unpaired) electrons. The number of dihydropyridines is 1. The van der Waals surface area contributed by atoms with Crippen LogP contribution in [0.2, 0.25) is 0 Å². The Morgan fingerprint density at radius 1 is 1.27 bits per heavy atom. The molecule has 11 heavy (non-hydrogen) atoms. The van der Waals surface area contributed by atoms with E-state index < -0.39 is 0 Å². The van der Waals surface area contributed by atoms with Gasteiger partial charge in [-0.15, -0.1) is 0 Å². The summed E-state index contributed by atoms with van der Waals surface area (Å²) in [6, 6.07) is 0. The zero-order valence-corrected chi connectivity index (χ0v) is 6.84. The minimum absolute atomic E-state index is 0.847. The Morgan fingerprint density at radius 3 is 2.73 bits per heavy atom. The molecule has 1 nitrogen and oxygen atoms in total. The molecule has 1 N–H and O–H groups in total. The van der Waals surface area contributed by atoms with E-state index >= 15 is 0 Å². The summed E-state index contributed by atoms with van der Waals surface area (Å²) in [7, 11) is 0. The van der Waals surface area contributed by atoms with Gasteiger partial charge in [-0.1, -0.05) is 25.0 Å². The van der Waals surface area contributed by atoms with Gasteiger partial charge < -0.3 is 5.32 Å². The predicted molar refractivity (Wildman–Crippen MR) is 47.2 cm³/mol. The molecule has 0 unspecified atom stereocenters. The van der Waals surface area contributed by atoms with Crippen molar-refractivity contribution in [1.82, 2.24) is 5.32 Å². The molecular formula is C10H15N. The molecule has 0 aromatic carbocycles. The Bertz CT molecular complexity index is 185. The summed E-state index contributed by atoms with van der Waals surface area (Å²) in [5, 5.41) is 3.44. The largest absolute Gasteiger partial charge is 0.385 e. The summed E-state index contributed by atoms with van der Waals surface area (Å²) >= 11 is 0. The second kappa shape index (κ2) is 3.12. The normalized spacial score (nSPS) is 24.9. The van der Waals surface area contributed by atoms with Crippen molar-refractivity contribution in [1.29, 1.82) is 0 Å². The second-order valence-electron chi connectivity index (χ2n) is 3.41. The van der Waals surface area contributed by atoms with E-state index in [1.165, 1.54) is 31.4 Å². The first-order valence-corrected chi connectivity index (χ1v) is 4.57. The first-order chi connectivity index (χ1) is 5.47. The van der Waals surface area contributed by atoms with Crippen LogP contribution in [0.15, 0.2) is 23.9 Å². The molecule has 0 saturated heterocycles. The van der Waals surface area contributed by atoms with Crippen molar-refractivity contribution in [2.24, 2.45) is 5.92 Å². The zero-order valence-electron chi connectivity index (χ0n) is 6.84. The molecule has 1 heteroatoms. The molecule has 0 aromatic heterocycles. The van der Waals surface area contributed by atoms with Gasteiger partial charge in [0.2, 0.25) is 0 Å². The van der Waals surface area contributed by atoms with Gasteiger partial charge in [-0.3, -0.25) is 0 Å². The van der Waals surface area contributed by atoms with Crippen LogP contribution in [0, 0.1) is 5.92 Å². The second-order valence-corrected chi connectivity index (χ2v) is 3.41. The predicted octanol–water partition coefficient (Wildman–Crippen LogP) is 2.22. The lowest BCUT2D eigenvalue weighted by atomic mass is 10.0. The average molecular weight is 149 g/mol. The van der Waals surface area contributed by atoms with Crippen molar-refractivity contribution in [3.8, 4) is 0 Å². The van der Waals surface area contributed by atoms with Crippen LogP contribution in [0.25, 0.3) is 0 Å². The molecule has 2 rings (SSSR count).